The number of rotatable bonds is 4. The van der Waals surface area contributed by atoms with E-state index in [-0.39, 0.29) is 18.4 Å². The third-order valence-corrected chi connectivity index (χ3v) is 3.31. The van der Waals surface area contributed by atoms with Gasteiger partial charge in [0.1, 0.15) is 5.75 Å². The Kier molecular flexibility index (Phi) is 4.10. The molecule has 1 amide bonds. The van der Waals surface area contributed by atoms with Crippen molar-refractivity contribution >= 4 is 11.6 Å². The maximum absolute atomic E-state index is 12.5. The van der Waals surface area contributed by atoms with Crippen LogP contribution in [0.15, 0.2) is 18.2 Å². The Morgan fingerprint density at radius 3 is 2.74 bits per heavy atom. The van der Waals surface area contributed by atoms with Crippen molar-refractivity contribution in [1.82, 2.24) is 0 Å². The summed E-state index contributed by atoms with van der Waals surface area (Å²) in [6.45, 7) is 6.66. The zero-order valence-corrected chi connectivity index (χ0v) is 11.7. The van der Waals surface area contributed by atoms with Gasteiger partial charge in [0, 0.05) is 6.54 Å². The summed E-state index contributed by atoms with van der Waals surface area (Å²) in [5.74, 6) is 0.876. The van der Waals surface area contributed by atoms with E-state index in [1.54, 1.807) is 4.90 Å². The molecule has 0 fully saturated rings. The molecule has 1 heterocycles. The number of benzene rings is 1. The normalized spacial score (nSPS) is 18.5. The number of nitrogens with zero attached hydrogens (tertiary/aromatic N) is 1. The molecule has 0 bridgehead atoms. The molecular weight excluding hydrogens is 242 g/mol. The molecule has 0 saturated heterocycles. The van der Waals surface area contributed by atoms with E-state index in [0.717, 1.165) is 23.4 Å². The maximum Gasteiger partial charge on any atom is 0.268 e. The SMILES string of the molecule is CCCN1C(=O)C(C(C)C)Oc2ccc(CO)cc21. The van der Waals surface area contributed by atoms with Gasteiger partial charge in [0.25, 0.3) is 5.91 Å². The van der Waals surface area contributed by atoms with Crippen molar-refractivity contribution in [2.45, 2.75) is 39.9 Å². The molecule has 2 rings (SSSR count). The van der Waals surface area contributed by atoms with Crippen molar-refractivity contribution < 1.29 is 14.6 Å². The first-order chi connectivity index (χ1) is 9.08. The molecule has 1 N–H and O–H groups in total. The predicted molar refractivity (Wildman–Crippen MR) is 74.3 cm³/mol. The molecule has 1 aliphatic rings. The number of anilines is 1. The van der Waals surface area contributed by atoms with Crippen LogP contribution in [-0.4, -0.2) is 23.7 Å². The molecule has 0 radical (unpaired) electrons. The van der Waals surface area contributed by atoms with Crippen LogP contribution in [0.1, 0.15) is 32.8 Å². The summed E-state index contributed by atoms with van der Waals surface area (Å²) < 4.78 is 5.81. The molecule has 0 aliphatic carbocycles. The molecule has 1 aliphatic heterocycles. The van der Waals surface area contributed by atoms with E-state index >= 15 is 0 Å². The molecule has 1 aromatic carbocycles. The van der Waals surface area contributed by atoms with Gasteiger partial charge in [-0.1, -0.05) is 26.8 Å². The first kappa shape index (κ1) is 13.9. The fourth-order valence-electron chi connectivity index (χ4n) is 2.31. The fourth-order valence-corrected chi connectivity index (χ4v) is 2.31. The third-order valence-electron chi connectivity index (χ3n) is 3.31. The Balaban J connectivity index is 2.43. The van der Waals surface area contributed by atoms with Gasteiger partial charge in [0.2, 0.25) is 0 Å². The molecule has 0 spiro atoms. The Morgan fingerprint density at radius 1 is 1.42 bits per heavy atom. The Morgan fingerprint density at radius 2 is 2.16 bits per heavy atom. The van der Waals surface area contributed by atoms with Gasteiger partial charge in [-0.15, -0.1) is 0 Å². The van der Waals surface area contributed by atoms with Crippen LogP contribution in [0, 0.1) is 5.92 Å². The number of ether oxygens (including phenoxy) is 1. The van der Waals surface area contributed by atoms with Crippen LogP contribution in [0.3, 0.4) is 0 Å². The summed E-state index contributed by atoms with van der Waals surface area (Å²) >= 11 is 0. The van der Waals surface area contributed by atoms with E-state index < -0.39 is 6.10 Å². The second-order valence-corrected chi connectivity index (χ2v) is 5.23. The highest BCUT2D eigenvalue weighted by Gasteiger charge is 2.35. The summed E-state index contributed by atoms with van der Waals surface area (Å²) in [4.78, 5) is 14.2. The zero-order chi connectivity index (χ0) is 14.0. The van der Waals surface area contributed by atoms with Crippen LogP contribution < -0.4 is 9.64 Å². The molecule has 4 heteroatoms. The number of carbonyl (C=O) groups is 1. The van der Waals surface area contributed by atoms with Gasteiger partial charge >= 0.3 is 0 Å². The molecular formula is C15H21NO3. The van der Waals surface area contributed by atoms with Crippen molar-refractivity contribution in [2.24, 2.45) is 5.92 Å². The minimum absolute atomic E-state index is 0.0134. The second-order valence-electron chi connectivity index (χ2n) is 5.23. The third kappa shape index (κ3) is 2.59. The molecule has 104 valence electrons. The number of fused-ring (bicyclic) bond motifs is 1. The Labute approximate surface area is 114 Å². The first-order valence-corrected chi connectivity index (χ1v) is 6.80. The molecule has 1 unspecified atom stereocenters. The van der Waals surface area contributed by atoms with Crippen molar-refractivity contribution in [3.8, 4) is 5.75 Å². The monoisotopic (exact) mass is 263 g/mol. The lowest BCUT2D eigenvalue weighted by Gasteiger charge is -2.36. The van der Waals surface area contributed by atoms with Gasteiger partial charge < -0.3 is 14.7 Å². The van der Waals surface area contributed by atoms with Crippen molar-refractivity contribution in [3.63, 3.8) is 0 Å². The molecule has 0 saturated carbocycles. The largest absolute Gasteiger partial charge is 0.478 e. The predicted octanol–water partition coefficient (Wildman–Crippen LogP) is 2.34. The van der Waals surface area contributed by atoms with Crippen LogP contribution >= 0.6 is 0 Å². The quantitative estimate of drug-likeness (QED) is 0.907. The highest BCUT2D eigenvalue weighted by atomic mass is 16.5. The number of carbonyl (C=O) groups excluding carboxylic acids is 1. The number of amides is 1. The van der Waals surface area contributed by atoms with Crippen molar-refractivity contribution in [1.29, 1.82) is 0 Å². The number of hydrogen-bond donors (Lipinski definition) is 1. The number of hydrogen-bond acceptors (Lipinski definition) is 3. The smallest absolute Gasteiger partial charge is 0.268 e. The van der Waals surface area contributed by atoms with Crippen molar-refractivity contribution in [2.75, 3.05) is 11.4 Å². The van der Waals surface area contributed by atoms with Crippen LogP contribution in [-0.2, 0) is 11.4 Å². The Hall–Kier alpha value is -1.55. The lowest BCUT2D eigenvalue weighted by Crippen LogP contribution is -2.48. The van der Waals surface area contributed by atoms with Gasteiger partial charge in [0.05, 0.1) is 12.3 Å². The van der Waals surface area contributed by atoms with E-state index in [1.807, 2.05) is 39.0 Å². The minimum atomic E-state index is -0.418. The average Bonchev–Trinajstić information content (AvgIpc) is 2.40. The summed E-state index contributed by atoms with van der Waals surface area (Å²) in [6.07, 6.45) is 0.471. The lowest BCUT2D eigenvalue weighted by molar-refractivity contribution is -0.128. The van der Waals surface area contributed by atoms with Crippen LogP contribution in [0.5, 0.6) is 5.75 Å². The number of aliphatic hydroxyl groups excluding tert-OH is 1. The summed E-state index contributed by atoms with van der Waals surface area (Å²) in [5.41, 5.74) is 1.56. The second kappa shape index (κ2) is 5.61. The summed E-state index contributed by atoms with van der Waals surface area (Å²) in [6, 6.07) is 5.50. The first-order valence-electron chi connectivity index (χ1n) is 6.80. The van der Waals surface area contributed by atoms with Crippen molar-refractivity contribution in [3.05, 3.63) is 23.8 Å². The maximum atomic E-state index is 12.5. The van der Waals surface area contributed by atoms with E-state index in [2.05, 4.69) is 0 Å². The lowest BCUT2D eigenvalue weighted by atomic mass is 10.0. The Bertz CT molecular complexity index is 470. The molecule has 4 nitrogen and oxygen atoms in total. The van der Waals surface area contributed by atoms with Gasteiger partial charge in [0.15, 0.2) is 6.10 Å². The molecule has 1 aromatic rings. The van der Waals surface area contributed by atoms with E-state index in [4.69, 9.17) is 4.74 Å². The van der Waals surface area contributed by atoms with Crippen LogP contribution in [0.25, 0.3) is 0 Å². The topological polar surface area (TPSA) is 49.8 Å². The van der Waals surface area contributed by atoms with Gasteiger partial charge in [-0.2, -0.15) is 0 Å². The zero-order valence-electron chi connectivity index (χ0n) is 11.7. The van der Waals surface area contributed by atoms with Crippen LogP contribution in [0.2, 0.25) is 0 Å². The van der Waals surface area contributed by atoms with Gasteiger partial charge in [-0.25, -0.2) is 0 Å². The highest BCUT2D eigenvalue weighted by molar-refractivity contribution is 6.00. The minimum Gasteiger partial charge on any atom is -0.478 e. The molecule has 19 heavy (non-hydrogen) atoms. The molecule has 1 atom stereocenters. The summed E-state index contributed by atoms with van der Waals surface area (Å²) in [5, 5.41) is 9.22. The van der Waals surface area contributed by atoms with Gasteiger partial charge in [-0.05, 0) is 30.0 Å². The van der Waals surface area contributed by atoms with E-state index in [9.17, 15) is 9.90 Å². The van der Waals surface area contributed by atoms with Crippen LogP contribution in [0.4, 0.5) is 5.69 Å². The standard InChI is InChI=1S/C15H21NO3/c1-4-7-16-12-8-11(9-17)5-6-13(12)19-14(10(2)3)15(16)18/h5-6,8,10,14,17H,4,7,9H2,1-3H3. The average molecular weight is 263 g/mol. The van der Waals surface area contributed by atoms with E-state index in [0.29, 0.717) is 6.54 Å². The van der Waals surface area contributed by atoms with Gasteiger partial charge in [-0.3, -0.25) is 4.79 Å². The summed E-state index contributed by atoms with van der Waals surface area (Å²) in [7, 11) is 0. The highest BCUT2D eigenvalue weighted by Crippen LogP contribution is 2.36. The van der Waals surface area contributed by atoms with E-state index in [1.165, 1.54) is 0 Å². The number of aliphatic hydroxyl groups is 1. The fraction of sp³-hybridized carbons (Fsp3) is 0.533. The molecule has 0 aromatic heterocycles.